The van der Waals surface area contributed by atoms with Gasteiger partial charge in [-0.05, 0) is 30.3 Å². The van der Waals surface area contributed by atoms with Gasteiger partial charge in [0.05, 0.1) is 19.4 Å². The molecule has 2 amide bonds. The van der Waals surface area contributed by atoms with Crippen LogP contribution in [0, 0.1) is 0 Å². The highest BCUT2D eigenvalue weighted by molar-refractivity contribution is 5.95. The van der Waals surface area contributed by atoms with Crippen molar-refractivity contribution in [3.8, 4) is 11.4 Å². The van der Waals surface area contributed by atoms with Crippen molar-refractivity contribution in [1.29, 1.82) is 0 Å². The molecule has 11 nitrogen and oxygen atoms in total. The number of hydrogen-bond donors (Lipinski definition) is 3. The van der Waals surface area contributed by atoms with E-state index in [4.69, 9.17) is 9.47 Å². The molecule has 38 heavy (non-hydrogen) atoms. The maximum absolute atomic E-state index is 12.5. The Morgan fingerprint density at radius 2 is 1.84 bits per heavy atom. The number of hydrogen-bond acceptors (Lipinski definition) is 8. The Morgan fingerprint density at radius 1 is 1.00 bits per heavy atom. The van der Waals surface area contributed by atoms with Crippen molar-refractivity contribution < 1.29 is 36.6 Å². The molecular weight excluding hydrogens is 514 g/mol. The fourth-order valence-corrected chi connectivity index (χ4v) is 3.02. The highest BCUT2D eigenvalue weighted by atomic mass is 19.4. The van der Waals surface area contributed by atoms with Gasteiger partial charge in [-0.25, -0.2) is 14.1 Å². The van der Waals surface area contributed by atoms with E-state index in [9.17, 15) is 27.2 Å². The number of nitrogens with one attached hydrogen (secondary N) is 3. The molecule has 0 saturated carbocycles. The van der Waals surface area contributed by atoms with Crippen LogP contribution in [0.2, 0.25) is 0 Å². The van der Waals surface area contributed by atoms with Gasteiger partial charge in [-0.3, -0.25) is 9.59 Å². The lowest BCUT2D eigenvalue weighted by Gasteiger charge is -2.14. The molecule has 0 unspecified atom stereocenters. The first-order chi connectivity index (χ1) is 18.3. The van der Waals surface area contributed by atoms with Gasteiger partial charge in [0.2, 0.25) is 0 Å². The molecule has 1 aromatic carbocycles. The fraction of sp³-hybridized carbons (Fsp3) is 0.348. The van der Waals surface area contributed by atoms with Crippen LogP contribution in [-0.2, 0) is 4.74 Å². The Kier molecular flexibility index (Phi) is 10.3. The molecule has 15 heteroatoms. The third kappa shape index (κ3) is 8.99. The van der Waals surface area contributed by atoms with Crippen LogP contribution in [0.1, 0.15) is 20.8 Å². The standard InChI is InChI=1S/C23H25F4N7O4/c24-6-10-37-11-12-38-19-13-16(21(35)31-15-23(25,26)27)4-5-18(19)34-14-17(32-33-34)22(36)30-9-8-29-20-3-1-2-7-28-20/h1-5,7,13-14H,6,8-12,15H2,(H,28,29)(H,30,36)(H,31,35). The zero-order chi connectivity index (χ0) is 27.4. The van der Waals surface area contributed by atoms with E-state index >= 15 is 0 Å². The summed E-state index contributed by atoms with van der Waals surface area (Å²) in [7, 11) is 0. The number of benzene rings is 1. The largest absolute Gasteiger partial charge is 0.489 e. The van der Waals surface area contributed by atoms with Gasteiger partial charge in [0.25, 0.3) is 11.8 Å². The molecule has 0 radical (unpaired) electrons. The number of aromatic nitrogens is 4. The summed E-state index contributed by atoms with van der Waals surface area (Å²) >= 11 is 0. The molecule has 0 aliphatic heterocycles. The normalized spacial score (nSPS) is 11.2. The first-order valence-corrected chi connectivity index (χ1v) is 11.4. The second-order valence-electron chi connectivity index (χ2n) is 7.58. The topological polar surface area (TPSA) is 132 Å². The summed E-state index contributed by atoms with van der Waals surface area (Å²) in [6.07, 6.45) is -1.61. The lowest BCUT2D eigenvalue weighted by Crippen LogP contribution is -2.33. The van der Waals surface area contributed by atoms with E-state index in [1.165, 1.54) is 29.1 Å². The van der Waals surface area contributed by atoms with E-state index in [2.05, 4.69) is 25.9 Å². The number of ether oxygens (including phenoxy) is 2. The molecule has 0 aliphatic carbocycles. The van der Waals surface area contributed by atoms with Crippen molar-refractivity contribution in [3.05, 3.63) is 60.0 Å². The Hall–Kier alpha value is -4.27. The van der Waals surface area contributed by atoms with E-state index in [0.29, 0.717) is 12.4 Å². The highest BCUT2D eigenvalue weighted by Gasteiger charge is 2.28. The molecular formula is C23H25F4N7O4. The Morgan fingerprint density at radius 3 is 2.58 bits per heavy atom. The zero-order valence-corrected chi connectivity index (χ0v) is 20.0. The quantitative estimate of drug-likeness (QED) is 0.210. The van der Waals surface area contributed by atoms with E-state index in [0.717, 1.165) is 0 Å². The van der Waals surface area contributed by atoms with Crippen molar-refractivity contribution in [2.75, 3.05) is 51.4 Å². The number of rotatable bonds is 14. The molecule has 3 N–H and O–H groups in total. The molecule has 2 heterocycles. The van der Waals surface area contributed by atoms with Gasteiger partial charge in [-0.1, -0.05) is 11.3 Å². The molecule has 0 aliphatic rings. The van der Waals surface area contributed by atoms with Crippen molar-refractivity contribution >= 4 is 17.6 Å². The number of amides is 2. The number of alkyl halides is 4. The third-order valence-corrected chi connectivity index (χ3v) is 4.73. The molecule has 2 aromatic heterocycles. The predicted molar refractivity (Wildman–Crippen MR) is 127 cm³/mol. The minimum absolute atomic E-state index is 0.00735. The molecule has 0 spiro atoms. The molecule has 3 aromatic rings. The zero-order valence-electron chi connectivity index (χ0n) is 20.0. The van der Waals surface area contributed by atoms with Crippen LogP contribution in [0.3, 0.4) is 0 Å². The molecule has 3 rings (SSSR count). The van der Waals surface area contributed by atoms with Crippen LogP contribution in [0.25, 0.3) is 5.69 Å². The molecule has 0 fully saturated rings. The van der Waals surface area contributed by atoms with Crippen LogP contribution in [0.5, 0.6) is 5.75 Å². The van der Waals surface area contributed by atoms with Gasteiger partial charge >= 0.3 is 6.18 Å². The van der Waals surface area contributed by atoms with Crippen molar-refractivity contribution in [2.45, 2.75) is 6.18 Å². The van der Waals surface area contributed by atoms with Crippen LogP contribution >= 0.6 is 0 Å². The Balaban J connectivity index is 1.67. The third-order valence-electron chi connectivity index (χ3n) is 4.73. The van der Waals surface area contributed by atoms with Crippen molar-refractivity contribution in [1.82, 2.24) is 30.6 Å². The summed E-state index contributed by atoms with van der Waals surface area (Å²) in [6.45, 7) is -1.65. The first kappa shape index (κ1) is 28.3. The Bertz CT molecular complexity index is 1190. The van der Waals surface area contributed by atoms with E-state index in [1.807, 2.05) is 6.07 Å². The van der Waals surface area contributed by atoms with Crippen LogP contribution in [-0.4, -0.2) is 84.1 Å². The van der Waals surface area contributed by atoms with Gasteiger partial charge < -0.3 is 25.4 Å². The number of halogens is 4. The lowest BCUT2D eigenvalue weighted by atomic mass is 10.1. The highest BCUT2D eigenvalue weighted by Crippen LogP contribution is 2.25. The number of carbonyl (C=O) groups excluding carboxylic acids is 2. The van der Waals surface area contributed by atoms with E-state index in [1.54, 1.807) is 23.6 Å². The smallest absolute Gasteiger partial charge is 0.405 e. The van der Waals surface area contributed by atoms with Gasteiger partial charge in [0.15, 0.2) is 5.69 Å². The maximum atomic E-state index is 12.5. The summed E-state index contributed by atoms with van der Waals surface area (Å²) in [5, 5.41) is 15.3. The summed E-state index contributed by atoms with van der Waals surface area (Å²) in [5.74, 6) is -0.745. The predicted octanol–water partition coefficient (Wildman–Crippen LogP) is 2.16. The average Bonchev–Trinajstić information content (AvgIpc) is 3.40. The summed E-state index contributed by atoms with van der Waals surface area (Å²) in [6, 6.07) is 9.27. The summed E-state index contributed by atoms with van der Waals surface area (Å²) in [4.78, 5) is 28.8. The minimum atomic E-state index is -4.57. The lowest BCUT2D eigenvalue weighted by molar-refractivity contribution is -0.123. The summed E-state index contributed by atoms with van der Waals surface area (Å²) < 4.78 is 61.5. The molecule has 0 bridgehead atoms. The van der Waals surface area contributed by atoms with Crippen molar-refractivity contribution in [3.63, 3.8) is 0 Å². The van der Waals surface area contributed by atoms with Gasteiger partial charge in [0, 0.05) is 24.8 Å². The average molecular weight is 539 g/mol. The second-order valence-corrected chi connectivity index (χ2v) is 7.58. The van der Waals surface area contributed by atoms with Crippen LogP contribution in [0.15, 0.2) is 48.8 Å². The summed E-state index contributed by atoms with van der Waals surface area (Å²) in [5.41, 5.74) is 0.148. The SMILES string of the molecule is O=C(NCC(F)(F)F)c1ccc(-n2cc(C(=O)NCCNc3ccccn3)nn2)c(OCCOCCF)c1. The number of carbonyl (C=O) groups is 2. The number of pyridine rings is 1. The first-order valence-electron chi connectivity index (χ1n) is 11.4. The second kappa shape index (κ2) is 13.9. The van der Waals surface area contributed by atoms with E-state index < -0.39 is 31.2 Å². The molecule has 0 saturated heterocycles. The van der Waals surface area contributed by atoms with Gasteiger partial charge in [-0.2, -0.15) is 13.2 Å². The fourth-order valence-electron chi connectivity index (χ4n) is 3.02. The number of anilines is 1. The maximum Gasteiger partial charge on any atom is 0.405 e. The number of nitrogens with zero attached hydrogens (tertiary/aromatic N) is 4. The van der Waals surface area contributed by atoms with Crippen LogP contribution < -0.4 is 20.7 Å². The minimum Gasteiger partial charge on any atom is -0.489 e. The Labute approximate surface area is 214 Å². The molecule has 0 atom stereocenters. The molecule has 204 valence electrons. The van der Waals surface area contributed by atoms with E-state index in [-0.39, 0.29) is 49.1 Å². The van der Waals surface area contributed by atoms with Gasteiger partial charge in [-0.15, -0.1) is 5.10 Å². The monoisotopic (exact) mass is 539 g/mol. The van der Waals surface area contributed by atoms with Gasteiger partial charge in [0.1, 0.15) is 37.1 Å². The van der Waals surface area contributed by atoms with Crippen molar-refractivity contribution in [2.24, 2.45) is 0 Å². The van der Waals surface area contributed by atoms with Crippen LogP contribution in [0.4, 0.5) is 23.4 Å².